The number of benzene rings is 2. The third-order valence-electron chi connectivity index (χ3n) is 8.11. The summed E-state index contributed by atoms with van der Waals surface area (Å²) < 4.78 is 10.9. The first-order chi connectivity index (χ1) is 22.3. The molecule has 0 bridgehead atoms. The van der Waals surface area contributed by atoms with Crippen molar-refractivity contribution >= 4 is 57.7 Å². The fourth-order valence-corrected chi connectivity index (χ4v) is 5.81. The van der Waals surface area contributed by atoms with Crippen LogP contribution in [0.4, 0.5) is 11.6 Å². The lowest BCUT2D eigenvalue weighted by molar-refractivity contribution is -0.120. The van der Waals surface area contributed by atoms with Gasteiger partial charge < -0.3 is 36.1 Å². The molecule has 0 radical (unpaired) electrons. The minimum absolute atomic E-state index is 0. The Morgan fingerprint density at radius 2 is 1.15 bits per heavy atom. The Kier molecular flexibility index (Phi) is 12.7. The Morgan fingerprint density at radius 3 is 1.64 bits per heavy atom. The zero-order chi connectivity index (χ0) is 32.5. The zero-order valence-corrected chi connectivity index (χ0v) is 27.9. The molecular formula is C33H44ClN9O4. The predicted octanol–water partition coefficient (Wildman–Crippen LogP) is 3.21. The molecule has 0 saturated carbocycles. The van der Waals surface area contributed by atoms with Gasteiger partial charge in [0.25, 0.3) is 11.8 Å². The third kappa shape index (κ3) is 9.29. The van der Waals surface area contributed by atoms with E-state index in [0.717, 1.165) is 90.3 Å². The van der Waals surface area contributed by atoms with E-state index in [-0.39, 0.29) is 25.6 Å². The van der Waals surface area contributed by atoms with E-state index >= 15 is 0 Å². The normalized spacial score (nSPS) is 15.1. The number of ether oxygens (including phenoxy) is 2. The number of nitrogens with two attached hydrogens (primary N) is 2. The van der Waals surface area contributed by atoms with Crippen LogP contribution in [0.1, 0.15) is 43.2 Å². The van der Waals surface area contributed by atoms with Gasteiger partial charge >= 0.3 is 0 Å². The third-order valence-corrected chi connectivity index (χ3v) is 8.11. The first-order valence-electron chi connectivity index (χ1n) is 15.8. The summed E-state index contributed by atoms with van der Waals surface area (Å²) >= 11 is 0. The van der Waals surface area contributed by atoms with Gasteiger partial charge in [0.2, 0.25) is 0 Å². The van der Waals surface area contributed by atoms with Gasteiger partial charge in [-0.3, -0.25) is 9.59 Å². The number of nitrogens with one attached hydrogen (secondary N) is 1. The van der Waals surface area contributed by atoms with E-state index in [4.69, 9.17) is 20.9 Å². The maximum atomic E-state index is 10.9. The highest BCUT2D eigenvalue weighted by molar-refractivity contribution is 5.92. The molecule has 0 spiro atoms. The summed E-state index contributed by atoms with van der Waals surface area (Å²) in [6.07, 6.45) is 9.21. The summed E-state index contributed by atoms with van der Waals surface area (Å²) in [6, 6.07) is 7.75. The monoisotopic (exact) mass is 665 g/mol. The summed E-state index contributed by atoms with van der Waals surface area (Å²) in [7, 11) is 0. The van der Waals surface area contributed by atoms with Gasteiger partial charge in [0, 0.05) is 55.6 Å². The van der Waals surface area contributed by atoms with Crippen molar-refractivity contribution in [3.05, 3.63) is 48.0 Å². The number of halogens is 1. The van der Waals surface area contributed by atoms with E-state index in [1.165, 1.54) is 25.7 Å². The van der Waals surface area contributed by atoms with Gasteiger partial charge in [0.15, 0.2) is 13.2 Å². The van der Waals surface area contributed by atoms with Crippen LogP contribution in [0.2, 0.25) is 0 Å². The maximum Gasteiger partial charge on any atom is 0.255 e. The van der Waals surface area contributed by atoms with Gasteiger partial charge in [0.1, 0.15) is 35.8 Å². The van der Waals surface area contributed by atoms with Crippen molar-refractivity contribution in [3.8, 4) is 11.5 Å². The number of anilines is 2. The van der Waals surface area contributed by atoms with Gasteiger partial charge in [-0.25, -0.2) is 19.9 Å². The first kappa shape index (κ1) is 35.4. The number of aryl methyl sites for hydroxylation is 2. The maximum absolute atomic E-state index is 10.9. The lowest BCUT2D eigenvalue weighted by Crippen LogP contribution is -2.28. The second-order valence-corrected chi connectivity index (χ2v) is 11.7. The summed E-state index contributed by atoms with van der Waals surface area (Å²) in [6.45, 7) is 9.57. The molecule has 4 heterocycles. The molecule has 0 unspecified atom stereocenters. The van der Waals surface area contributed by atoms with Crippen LogP contribution in [0.25, 0.3) is 21.8 Å². The summed E-state index contributed by atoms with van der Waals surface area (Å²) in [4.78, 5) is 44.1. The lowest BCUT2D eigenvalue weighted by atomic mass is 10.1. The summed E-state index contributed by atoms with van der Waals surface area (Å²) in [5.41, 5.74) is 13.8. The molecule has 14 heteroatoms. The Hall–Kier alpha value is -4.49. The van der Waals surface area contributed by atoms with E-state index in [0.29, 0.717) is 11.5 Å². The molecule has 0 atom stereocenters. The summed E-state index contributed by atoms with van der Waals surface area (Å²) in [5.74, 6) is 2.21. The van der Waals surface area contributed by atoms with Crippen LogP contribution in [0, 0.1) is 13.8 Å². The van der Waals surface area contributed by atoms with Crippen LogP contribution >= 0.6 is 12.4 Å². The molecule has 2 aliphatic rings. The quantitative estimate of drug-likeness (QED) is 0.252. The highest BCUT2D eigenvalue weighted by Crippen LogP contribution is 2.31. The fraction of sp³-hybridized carbons (Fsp3) is 0.455. The number of fused-ring (bicyclic) bond motifs is 2. The highest BCUT2D eigenvalue weighted by atomic mass is 35.5. The molecule has 2 aromatic heterocycles. The SMILES string of the molecule is Cc1cc2c(N3CCCCCC3)ncnc2cc1OCC(N)=O.Cc1cc2c(N3CCCNCC3)ncnc2cc1OCC(N)=O.Cl. The second-order valence-electron chi connectivity index (χ2n) is 11.7. The molecule has 2 fully saturated rings. The zero-order valence-electron chi connectivity index (χ0n) is 27.0. The van der Waals surface area contributed by atoms with E-state index in [1.54, 1.807) is 12.7 Å². The van der Waals surface area contributed by atoms with Crippen LogP contribution in [0.15, 0.2) is 36.9 Å². The largest absolute Gasteiger partial charge is 0.483 e. The molecule has 47 heavy (non-hydrogen) atoms. The van der Waals surface area contributed by atoms with Crippen LogP contribution in [-0.4, -0.2) is 84.2 Å². The van der Waals surface area contributed by atoms with Crippen LogP contribution < -0.4 is 36.1 Å². The van der Waals surface area contributed by atoms with Crippen molar-refractivity contribution in [2.45, 2.75) is 46.0 Å². The van der Waals surface area contributed by atoms with Crippen molar-refractivity contribution in [1.82, 2.24) is 25.3 Å². The number of amides is 2. The van der Waals surface area contributed by atoms with Crippen LogP contribution in [0.5, 0.6) is 11.5 Å². The van der Waals surface area contributed by atoms with E-state index in [1.807, 2.05) is 38.1 Å². The lowest BCUT2D eigenvalue weighted by Gasteiger charge is -2.23. The number of carbonyl (C=O) groups excluding carboxylic acids is 2. The second kappa shape index (κ2) is 16.9. The number of nitrogens with zero attached hydrogens (tertiary/aromatic N) is 6. The molecule has 2 aromatic carbocycles. The molecule has 13 nitrogen and oxygen atoms in total. The molecule has 252 valence electrons. The smallest absolute Gasteiger partial charge is 0.255 e. The average Bonchev–Trinajstić information content (AvgIpc) is 3.49. The Balaban J connectivity index is 0.000000208. The van der Waals surface area contributed by atoms with Crippen molar-refractivity contribution < 1.29 is 19.1 Å². The van der Waals surface area contributed by atoms with Crippen molar-refractivity contribution in [2.24, 2.45) is 11.5 Å². The Bertz CT molecular complexity index is 1550. The van der Waals surface area contributed by atoms with E-state index in [2.05, 4.69) is 35.1 Å². The van der Waals surface area contributed by atoms with Gasteiger partial charge in [-0.15, -0.1) is 12.4 Å². The molecule has 6 rings (SSSR count). The topological polar surface area (TPSA) is 175 Å². The van der Waals surface area contributed by atoms with E-state index in [9.17, 15) is 9.59 Å². The molecule has 2 aliphatic heterocycles. The number of hydrogen-bond donors (Lipinski definition) is 3. The minimum atomic E-state index is -0.495. The van der Waals surface area contributed by atoms with Crippen LogP contribution in [-0.2, 0) is 9.59 Å². The molecule has 2 saturated heterocycles. The number of aromatic nitrogens is 4. The van der Waals surface area contributed by atoms with Gasteiger partial charge in [-0.1, -0.05) is 12.8 Å². The van der Waals surface area contributed by atoms with Crippen molar-refractivity contribution in [3.63, 3.8) is 0 Å². The standard InChI is InChI=1S/C17H22N4O2.C16H21N5O2.ClH/c1-12-8-13-14(9-15(12)23-10-16(18)22)19-11-20-17(13)21-6-4-2-3-5-7-21;1-11-7-12-13(8-14(11)23-9-15(17)22)19-10-20-16(12)21-5-2-3-18-4-6-21;/h8-9,11H,2-7,10H2,1H3,(H2,18,22);7-8,10,18H,2-6,9H2,1H3,(H2,17,22);1H. The Labute approximate surface area is 280 Å². The molecule has 5 N–H and O–H groups in total. The fourth-order valence-electron chi connectivity index (χ4n) is 5.81. The first-order valence-corrected chi connectivity index (χ1v) is 15.8. The van der Waals surface area contributed by atoms with Gasteiger partial charge in [-0.2, -0.15) is 0 Å². The number of carbonyl (C=O) groups is 2. The van der Waals surface area contributed by atoms with Crippen LogP contribution in [0.3, 0.4) is 0 Å². The van der Waals surface area contributed by atoms with E-state index < -0.39 is 11.8 Å². The minimum Gasteiger partial charge on any atom is -0.483 e. The number of rotatable bonds is 8. The number of hydrogen-bond acceptors (Lipinski definition) is 11. The van der Waals surface area contributed by atoms with Gasteiger partial charge in [0.05, 0.1) is 11.0 Å². The summed E-state index contributed by atoms with van der Waals surface area (Å²) in [5, 5.41) is 5.42. The molecule has 0 aliphatic carbocycles. The van der Waals surface area contributed by atoms with Crippen molar-refractivity contribution in [2.75, 3.05) is 62.3 Å². The predicted molar refractivity (Wildman–Crippen MR) is 186 cm³/mol. The molecular weight excluding hydrogens is 622 g/mol. The average molecular weight is 666 g/mol. The number of primary amides is 2. The molecule has 2 amide bonds. The van der Waals surface area contributed by atoms with Crippen molar-refractivity contribution in [1.29, 1.82) is 0 Å². The molecule has 4 aromatic rings. The Morgan fingerprint density at radius 1 is 0.681 bits per heavy atom. The van der Waals surface area contributed by atoms with Gasteiger partial charge in [-0.05, 0) is 62.9 Å². The highest BCUT2D eigenvalue weighted by Gasteiger charge is 2.17.